The Labute approximate surface area is 543 Å². The molecule has 0 saturated carbocycles. The van der Waals surface area contributed by atoms with Crippen molar-refractivity contribution in [3.05, 3.63) is 0 Å². The molecule has 0 spiro atoms. The van der Waals surface area contributed by atoms with Crippen molar-refractivity contribution in [3.8, 4) is 0 Å². The number of carbonyl (C=O) groups is 3. The maximum Gasteiger partial charge on any atom is 0.306 e. The molecule has 0 aromatic heterocycles. The molecule has 0 N–H and O–H groups in total. The number of aliphatic carboxylic acids is 1. The summed E-state index contributed by atoms with van der Waals surface area (Å²) < 4.78 is 22.9. The number of rotatable bonds is 75. The Bertz CT molecular complexity index is 1390. The average Bonchev–Trinajstić information content (AvgIpc) is 3.56. The fourth-order valence-corrected chi connectivity index (χ4v) is 12.4. The molecule has 518 valence electrons. The van der Waals surface area contributed by atoms with E-state index in [1.54, 1.807) is 0 Å². The maximum absolute atomic E-state index is 13.0. The Kier molecular flexibility index (Phi) is 68.8. The van der Waals surface area contributed by atoms with E-state index in [9.17, 15) is 19.5 Å². The Morgan fingerprint density at radius 2 is 0.517 bits per heavy atom. The number of carboxylic acids is 1. The molecule has 0 aliphatic rings. The lowest BCUT2D eigenvalue weighted by Crippen LogP contribution is -2.44. The fraction of sp³-hybridized carbons (Fsp3) is 0.962. The van der Waals surface area contributed by atoms with Gasteiger partial charge in [0.15, 0.2) is 12.4 Å². The number of esters is 2. The fourth-order valence-electron chi connectivity index (χ4n) is 12.4. The topological polar surface area (TPSA) is 111 Å². The Balaban J connectivity index is 3.93. The molecule has 0 aliphatic carbocycles. The van der Waals surface area contributed by atoms with Crippen LogP contribution in [0.4, 0.5) is 0 Å². The number of likely N-dealkylation sites (N-methyl/N-ethyl adjacent to an activating group) is 1. The number of unbranched alkanes of at least 4 members (excludes halogenated alkanes) is 60. The second-order valence-corrected chi connectivity index (χ2v) is 28.4. The van der Waals surface area contributed by atoms with E-state index in [1.807, 2.05) is 21.1 Å². The Morgan fingerprint density at radius 1 is 0.299 bits per heavy atom. The van der Waals surface area contributed by atoms with Crippen molar-refractivity contribution in [1.29, 1.82) is 0 Å². The van der Waals surface area contributed by atoms with Gasteiger partial charge in [0, 0.05) is 12.8 Å². The minimum atomic E-state index is -1.62. The third kappa shape index (κ3) is 71.6. The summed E-state index contributed by atoms with van der Waals surface area (Å²) in [5.41, 5.74) is 0. The molecule has 87 heavy (non-hydrogen) atoms. The van der Waals surface area contributed by atoms with E-state index >= 15 is 0 Å². The molecule has 0 aromatic rings. The van der Waals surface area contributed by atoms with E-state index in [2.05, 4.69) is 13.8 Å². The number of carbonyl (C=O) groups excluding carboxylic acids is 3. The normalized spacial score (nSPS) is 12.5. The van der Waals surface area contributed by atoms with Crippen LogP contribution in [-0.2, 0) is 33.3 Å². The number of hydrogen-bond donors (Lipinski definition) is 0. The van der Waals surface area contributed by atoms with Gasteiger partial charge in [-0.25, -0.2) is 0 Å². The summed E-state index contributed by atoms with van der Waals surface area (Å²) in [5.74, 6) is -2.24. The monoisotopic (exact) mass is 1230 g/mol. The van der Waals surface area contributed by atoms with Crippen molar-refractivity contribution in [1.82, 2.24) is 0 Å². The lowest BCUT2D eigenvalue weighted by Gasteiger charge is -2.26. The quantitative estimate of drug-likeness (QED) is 0.0256. The summed E-state index contributed by atoms with van der Waals surface area (Å²) in [7, 11) is 5.95. The molecule has 0 aliphatic heterocycles. The van der Waals surface area contributed by atoms with Gasteiger partial charge in [0.25, 0.3) is 0 Å². The zero-order chi connectivity index (χ0) is 63.3. The van der Waals surface area contributed by atoms with Gasteiger partial charge in [0.1, 0.15) is 13.2 Å². The minimum Gasteiger partial charge on any atom is -0.545 e. The molecule has 0 saturated heterocycles. The van der Waals surface area contributed by atoms with Crippen molar-refractivity contribution in [3.63, 3.8) is 0 Å². The van der Waals surface area contributed by atoms with Gasteiger partial charge in [-0.1, -0.05) is 399 Å². The van der Waals surface area contributed by atoms with Crippen LogP contribution >= 0.6 is 0 Å². The molecular weight excluding hydrogens is 1080 g/mol. The SMILES string of the molecule is CCCCCCCCCCCCCCCCCCCCCCCCCCCCCCCCCCCCCCCCC(=O)OC(COC(=O)CCCCCCCCCCCCCCCCCCCCCCCCCC)COC(OCC[N+](C)(C)C)C(=O)[O-]. The van der Waals surface area contributed by atoms with Crippen LogP contribution in [0.15, 0.2) is 0 Å². The maximum atomic E-state index is 13.0. The van der Waals surface area contributed by atoms with E-state index in [-0.39, 0.29) is 32.2 Å². The van der Waals surface area contributed by atoms with Gasteiger partial charge >= 0.3 is 11.9 Å². The number of hydrogen-bond acceptors (Lipinski definition) is 8. The van der Waals surface area contributed by atoms with E-state index in [0.717, 1.165) is 38.5 Å². The van der Waals surface area contributed by atoms with E-state index in [4.69, 9.17) is 18.9 Å². The molecule has 0 radical (unpaired) electrons. The summed E-state index contributed by atoms with van der Waals surface area (Å²) in [6.45, 7) is 4.85. The number of carboxylic acid groups (broad SMARTS) is 1. The Morgan fingerprint density at radius 3 is 0.736 bits per heavy atom. The van der Waals surface area contributed by atoms with Crippen LogP contribution in [0.2, 0.25) is 0 Å². The third-order valence-electron chi connectivity index (χ3n) is 18.4. The van der Waals surface area contributed by atoms with E-state index in [1.165, 1.54) is 360 Å². The second kappa shape index (κ2) is 70.2. The first-order chi connectivity index (χ1) is 42.6. The van der Waals surface area contributed by atoms with Gasteiger partial charge in [-0.15, -0.1) is 0 Å². The third-order valence-corrected chi connectivity index (χ3v) is 18.4. The van der Waals surface area contributed by atoms with Gasteiger partial charge in [0.05, 0.1) is 40.3 Å². The van der Waals surface area contributed by atoms with Crippen molar-refractivity contribution in [2.24, 2.45) is 0 Å². The molecule has 9 heteroatoms. The largest absolute Gasteiger partial charge is 0.545 e. The van der Waals surface area contributed by atoms with Crippen molar-refractivity contribution in [2.45, 2.75) is 437 Å². The molecule has 2 atom stereocenters. The predicted octanol–water partition coefficient (Wildman–Crippen LogP) is 23.3. The van der Waals surface area contributed by atoms with Crippen molar-refractivity contribution in [2.75, 3.05) is 47.5 Å². The van der Waals surface area contributed by atoms with Gasteiger partial charge in [0.2, 0.25) is 0 Å². The van der Waals surface area contributed by atoms with Crippen LogP contribution in [0.3, 0.4) is 0 Å². The van der Waals surface area contributed by atoms with Crippen LogP contribution in [-0.4, -0.2) is 82.3 Å². The molecular formula is C78H153NO8. The second-order valence-electron chi connectivity index (χ2n) is 28.4. The van der Waals surface area contributed by atoms with Gasteiger partial charge in [-0.05, 0) is 12.8 Å². The summed E-state index contributed by atoms with van der Waals surface area (Å²) >= 11 is 0. The summed E-state index contributed by atoms with van der Waals surface area (Å²) in [5, 5.41) is 11.8. The predicted molar refractivity (Wildman–Crippen MR) is 371 cm³/mol. The lowest BCUT2D eigenvalue weighted by atomic mass is 10.0. The number of ether oxygens (including phenoxy) is 4. The van der Waals surface area contributed by atoms with Crippen LogP contribution < -0.4 is 5.11 Å². The zero-order valence-corrected chi connectivity index (χ0v) is 59.5. The molecule has 2 unspecified atom stereocenters. The number of nitrogens with zero attached hydrogens (tertiary/aromatic N) is 1. The molecule has 9 nitrogen and oxygen atoms in total. The molecule has 0 bridgehead atoms. The van der Waals surface area contributed by atoms with Crippen LogP contribution in [0.25, 0.3) is 0 Å². The van der Waals surface area contributed by atoms with E-state index < -0.39 is 24.3 Å². The summed E-state index contributed by atoms with van der Waals surface area (Å²) in [6.07, 6.45) is 82.4. The standard InChI is InChI=1S/C78H153NO8/c1-6-8-10-12-14-16-18-20-22-24-26-28-30-32-33-34-35-36-37-38-39-40-41-42-43-44-45-47-49-51-53-55-57-59-61-63-65-67-69-76(81)87-74(73-86-78(77(82)83)84-71-70-79(3,4)5)72-85-75(80)68-66-64-62-60-58-56-54-52-50-48-46-31-29-27-25-23-21-19-17-15-13-11-9-7-2/h74,78H,6-73H2,1-5H3. The first kappa shape index (κ1) is 85.3. The first-order valence-corrected chi connectivity index (χ1v) is 39.2. The van der Waals surface area contributed by atoms with Crippen LogP contribution in [0.5, 0.6) is 0 Å². The molecule has 0 amide bonds. The highest BCUT2D eigenvalue weighted by molar-refractivity contribution is 5.70. The molecule has 0 rings (SSSR count). The lowest BCUT2D eigenvalue weighted by molar-refractivity contribution is -0.870. The summed E-state index contributed by atoms with van der Waals surface area (Å²) in [4.78, 5) is 37.5. The van der Waals surface area contributed by atoms with Crippen LogP contribution in [0.1, 0.15) is 425 Å². The Hall–Kier alpha value is -1.71. The molecule has 0 fully saturated rings. The van der Waals surface area contributed by atoms with Crippen LogP contribution in [0, 0.1) is 0 Å². The summed E-state index contributed by atoms with van der Waals surface area (Å²) in [6, 6.07) is 0. The van der Waals surface area contributed by atoms with Gasteiger partial charge in [-0.2, -0.15) is 0 Å². The smallest absolute Gasteiger partial charge is 0.306 e. The van der Waals surface area contributed by atoms with Gasteiger partial charge in [-0.3, -0.25) is 9.59 Å². The van der Waals surface area contributed by atoms with E-state index in [0.29, 0.717) is 17.4 Å². The molecule has 0 heterocycles. The van der Waals surface area contributed by atoms with Gasteiger partial charge < -0.3 is 33.3 Å². The first-order valence-electron chi connectivity index (χ1n) is 39.2. The highest BCUT2D eigenvalue weighted by atomic mass is 16.7. The van der Waals surface area contributed by atoms with Crippen molar-refractivity contribution < 1.29 is 42.9 Å². The minimum absolute atomic E-state index is 0.154. The highest BCUT2D eigenvalue weighted by Gasteiger charge is 2.22. The number of quaternary nitrogens is 1. The van der Waals surface area contributed by atoms with Crippen molar-refractivity contribution >= 4 is 17.9 Å². The average molecular weight is 1230 g/mol. The zero-order valence-electron chi connectivity index (χ0n) is 59.5. The highest BCUT2D eigenvalue weighted by Crippen LogP contribution is 2.21. The molecule has 0 aromatic carbocycles.